The van der Waals surface area contributed by atoms with Crippen LogP contribution in [0.2, 0.25) is 0 Å². The lowest BCUT2D eigenvalue weighted by Gasteiger charge is -2.22. The Hall–Kier alpha value is -0.600. The van der Waals surface area contributed by atoms with E-state index in [0.29, 0.717) is 11.8 Å². The lowest BCUT2D eigenvalue weighted by Crippen LogP contribution is -2.27. The summed E-state index contributed by atoms with van der Waals surface area (Å²) >= 11 is 11.4. The minimum absolute atomic E-state index is 0.598. The maximum atomic E-state index is 5.70. The van der Waals surface area contributed by atoms with Crippen molar-refractivity contribution in [3.8, 4) is 0 Å². The van der Waals surface area contributed by atoms with Gasteiger partial charge >= 0.3 is 0 Å². The summed E-state index contributed by atoms with van der Waals surface area (Å²) in [5, 5.41) is 0. The summed E-state index contributed by atoms with van der Waals surface area (Å²) in [6, 6.07) is 7.72. The third-order valence-corrected chi connectivity index (χ3v) is 2.31. The van der Waals surface area contributed by atoms with Gasteiger partial charge in [0.15, 0.2) is 0 Å². The van der Waals surface area contributed by atoms with Crippen LogP contribution in [0.4, 0.5) is 11.4 Å². The van der Waals surface area contributed by atoms with Gasteiger partial charge in [0.2, 0.25) is 0 Å². The van der Waals surface area contributed by atoms with E-state index in [4.69, 9.17) is 28.9 Å². The van der Waals surface area contributed by atoms with Gasteiger partial charge in [-0.05, 0) is 24.3 Å². The quantitative estimate of drug-likeness (QED) is 0.650. The highest BCUT2D eigenvalue weighted by Gasteiger charge is 2.03. The van der Waals surface area contributed by atoms with Gasteiger partial charge in [0.05, 0.1) is 0 Å². The van der Waals surface area contributed by atoms with E-state index in [0.717, 1.165) is 24.5 Å². The highest BCUT2D eigenvalue weighted by atomic mass is 35.5. The Bertz CT molecular complexity index is 256. The highest BCUT2D eigenvalue weighted by molar-refractivity contribution is 6.18. The first-order chi connectivity index (χ1) is 7.77. The van der Waals surface area contributed by atoms with Crippen LogP contribution in [0.5, 0.6) is 0 Å². The van der Waals surface area contributed by atoms with E-state index in [9.17, 15) is 0 Å². The molecular formula is C12H20Cl2N2. The molecule has 0 unspecified atom stereocenters. The predicted octanol–water partition coefficient (Wildman–Crippen LogP) is 3.58. The van der Waals surface area contributed by atoms with Crippen LogP contribution in [0.25, 0.3) is 0 Å². The molecule has 1 aromatic rings. The minimum atomic E-state index is 0.598. The van der Waals surface area contributed by atoms with Crippen molar-refractivity contribution in [2.45, 2.75) is 13.8 Å². The Morgan fingerprint density at radius 3 is 1.81 bits per heavy atom. The molecule has 0 aliphatic carbocycles. The monoisotopic (exact) mass is 262 g/mol. The Kier molecular flexibility index (Phi) is 9.25. The molecule has 0 radical (unpaired) electrons. The Labute approximate surface area is 108 Å². The van der Waals surface area contributed by atoms with Crippen molar-refractivity contribution in [3.63, 3.8) is 0 Å². The van der Waals surface area contributed by atoms with Crippen LogP contribution >= 0.6 is 23.2 Å². The number of halogens is 2. The molecule has 92 valence electrons. The molecule has 2 nitrogen and oxygen atoms in total. The first kappa shape index (κ1) is 15.4. The molecule has 1 aromatic carbocycles. The number of benzene rings is 1. The van der Waals surface area contributed by atoms with Crippen LogP contribution in [0, 0.1) is 0 Å². The number of nitrogens with two attached hydrogens (primary N) is 1. The zero-order valence-corrected chi connectivity index (χ0v) is 11.4. The molecule has 0 saturated carbocycles. The van der Waals surface area contributed by atoms with Crippen molar-refractivity contribution in [2.75, 3.05) is 35.5 Å². The fourth-order valence-electron chi connectivity index (χ4n) is 1.26. The van der Waals surface area contributed by atoms with Gasteiger partial charge in [0.25, 0.3) is 0 Å². The molecule has 16 heavy (non-hydrogen) atoms. The first-order valence-corrected chi connectivity index (χ1v) is 6.57. The molecule has 0 saturated heterocycles. The molecule has 0 aliphatic heterocycles. The fourth-order valence-corrected chi connectivity index (χ4v) is 1.67. The maximum absolute atomic E-state index is 5.70. The second kappa shape index (κ2) is 9.61. The molecule has 0 aromatic heterocycles. The number of nitrogens with zero attached hydrogens (tertiary/aromatic N) is 1. The van der Waals surface area contributed by atoms with Crippen molar-refractivity contribution in [2.24, 2.45) is 0 Å². The molecule has 0 aliphatic rings. The summed E-state index contributed by atoms with van der Waals surface area (Å²) in [6.07, 6.45) is 0. The number of rotatable bonds is 5. The molecular weight excluding hydrogens is 243 g/mol. The van der Waals surface area contributed by atoms with Crippen molar-refractivity contribution in [1.29, 1.82) is 0 Å². The van der Waals surface area contributed by atoms with E-state index >= 15 is 0 Å². The molecule has 0 spiro atoms. The Morgan fingerprint density at radius 1 is 1.00 bits per heavy atom. The van der Waals surface area contributed by atoms with Gasteiger partial charge in [-0.15, -0.1) is 23.2 Å². The summed E-state index contributed by atoms with van der Waals surface area (Å²) in [7, 11) is 0. The van der Waals surface area contributed by atoms with E-state index in [-0.39, 0.29) is 0 Å². The largest absolute Gasteiger partial charge is 0.399 e. The third-order valence-electron chi connectivity index (χ3n) is 1.97. The summed E-state index contributed by atoms with van der Waals surface area (Å²) in [6.45, 7) is 5.61. The molecule has 2 N–H and O–H groups in total. The van der Waals surface area contributed by atoms with E-state index < -0.39 is 0 Å². The molecule has 0 atom stereocenters. The van der Waals surface area contributed by atoms with Crippen molar-refractivity contribution in [3.05, 3.63) is 24.3 Å². The topological polar surface area (TPSA) is 29.3 Å². The zero-order valence-electron chi connectivity index (χ0n) is 9.92. The normalized spacial score (nSPS) is 9.25. The molecule has 0 bridgehead atoms. The van der Waals surface area contributed by atoms with Crippen molar-refractivity contribution >= 4 is 34.6 Å². The van der Waals surface area contributed by atoms with E-state index in [1.165, 1.54) is 0 Å². The standard InChI is InChI=1S/C10H14Cl2N2.C2H6/c11-5-7-14(8-6-12)10-3-1-9(13)2-4-10;1-2/h1-4H,5-8,13H2;1-2H3. The first-order valence-electron chi connectivity index (χ1n) is 5.50. The van der Waals surface area contributed by atoms with Crippen molar-refractivity contribution in [1.82, 2.24) is 0 Å². The fraction of sp³-hybridized carbons (Fsp3) is 0.500. The van der Waals surface area contributed by atoms with Crippen LogP contribution in [0.1, 0.15) is 13.8 Å². The number of alkyl halides is 2. The third kappa shape index (κ3) is 5.47. The second-order valence-electron chi connectivity index (χ2n) is 2.96. The number of anilines is 2. The molecule has 0 amide bonds. The minimum Gasteiger partial charge on any atom is -0.399 e. The summed E-state index contributed by atoms with van der Waals surface area (Å²) in [5.41, 5.74) is 7.48. The highest BCUT2D eigenvalue weighted by Crippen LogP contribution is 2.16. The summed E-state index contributed by atoms with van der Waals surface area (Å²) < 4.78 is 0. The molecule has 1 rings (SSSR count). The van der Waals surface area contributed by atoms with Crippen LogP contribution in [-0.2, 0) is 0 Å². The van der Waals surface area contributed by atoms with Crippen LogP contribution in [-0.4, -0.2) is 24.8 Å². The summed E-state index contributed by atoms with van der Waals surface area (Å²) in [4.78, 5) is 2.14. The van der Waals surface area contributed by atoms with Gasteiger partial charge in [-0.2, -0.15) is 0 Å². The second-order valence-corrected chi connectivity index (χ2v) is 3.71. The smallest absolute Gasteiger partial charge is 0.0399 e. The van der Waals surface area contributed by atoms with Crippen LogP contribution < -0.4 is 10.6 Å². The molecule has 4 heteroatoms. The van der Waals surface area contributed by atoms with Gasteiger partial charge in [-0.25, -0.2) is 0 Å². The predicted molar refractivity (Wildman–Crippen MR) is 75.9 cm³/mol. The van der Waals surface area contributed by atoms with Crippen molar-refractivity contribution < 1.29 is 0 Å². The number of nitrogen functional groups attached to an aromatic ring is 1. The number of hydrogen-bond acceptors (Lipinski definition) is 2. The lowest BCUT2D eigenvalue weighted by atomic mass is 10.2. The average molecular weight is 263 g/mol. The summed E-state index contributed by atoms with van der Waals surface area (Å²) in [5.74, 6) is 1.20. The van der Waals surface area contributed by atoms with Gasteiger partial charge in [0.1, 0.15) is 0 Å². The van der Waals surface area contributed by atoms with E-state index in [1.807, 2.05) is 38.1 Å². The van der Waals surface area contributed by atoms with Gasteiger partial charge in [0, 0.05) is 36.2 Å². The average Bonchev–Trinajstić information content (AvgIpc) is 2.32. The van der Waals surface area contributed by atoms with Crippen LogP contribution in [0.3, 0.4) is 0 Å². The van der Waals surface area contributed by atoms with E-state index in [2.05, 4.69) is 4.90 Å². The Morgan fingerprint density at radius 2 is 1.44 bits per heavy atom. The molecule has 0 fully saturated rings. The Balaban J connectivity index is 0.00000106. The molecule has 0 heterocycles. The van der Waals surface area contributed by atoms with Gasteiger partial charge in [-0.3, -0.25) is 0 Å². The lowest BCUT2D eigenvalue weighted by molar-refractivity contribution is 0.874. The van der Waals surface area contributed by atoms with Gasteiger partial charge < -0.3 is 10.6 Å². The van der Waals surface area contributed by atoms with Crippen LogP contribution in [0.15, 0.2) is 24.3 Å². The van der Waals surface area contributed by atoms with E-state index in [1.54, 1.807) is 0 Å². The maximum Gasteiger partial charge on any atom is 0.0399 e. The number of hydrogen-bond donors (Lipinski definition) is 1. The zero-order chi connectivity index (χ0) is 12.4. The van der Waals surface area contributed by atoms with Gasteiger partial charge in [-0.1, -0.05) is 13.8 Å². The SMILES string of the molecule is CC.Nc1ccc(N(CCCl)CCCl)cc1.